The lowest BCUT2D eigenvalue weighted by atomic mass is 10.2. The lowest BCUT2D eigenvalue weighted by molar-refractivity contribution is -0.113. The van der Waals surface area contributed by atoms with Crippen molar-refractivity contribution >= 4 is 34.0 Å². The summed E-state index contributed by atoms with van der Waals surface area (Å²) in [6, 6.07) is 2.13. The van der Waals surface area contributed by atoms with Crippen molar-refractivity contribution in [2.45, 2.75) is 32.4 Å². The lowest BCUT2D eigenvalue weighted by Crippen LogP contribution is -2.16. The van der Waals surface area contributed by atoms with Gasteiger partial charge in [-0.05, 0) is 25.8 Å². The van der Waals surface area contributed by atoms with Crippen molar-refractivity contribution in [3.63, 3.8) is 0 Å². The van der Waals surface area contributed by atoms with E-state index in [0.717, 1.165) is 10.4 Å². The molecular weight excluding hydrogens is 280 g/mol. The molecule has 19 heavy (non-hydrogen) atoms. The Kier molecular flexibility index (Phi) is 6.35. The third-order valence-corrected chi connectivity index (χ3v) is 5.14. The van der Waals surface area contributed by atoms with E-state index in [9.17, 15) is 4.79 Å². The molecule has 0 bridgehead atoms. The van der Waals surface area contributed by atoms with E-state index in [1.165, 1.54) is 23.1 Å². The van der Waals surface area contributed by atoms with Crippen LogP contribution in [0.2, 0.25) is 0 Å². The Balaban J connectivity index is 2.58. The monoisotopic (exact) mass is 298 g/mol. The van der Waals surface area contributed by atoms with Gasteiger partial charge in [0.2, 0.25) is 5.91 Å². The van der Waals surface area contributed by atoms with Crippen LogP contribution in [0.4, 0.5) is 5.00 Å². The highest BCUT2D eigenvalue weighted by Gasteiger charge is 2.15. The first-order valence-electron chi connectivity index (χ1n) is 6.02. The van der Waals surface area contributed by atoms with Gasteiger partial charge in [0.15, 0.2) is 0 Å². The first-order valence-corrected chi connectivity index (χ1v) is 7.88. The Labute approximate surface area is 121 Å². The van der Waals surface area contributed by atoms with Crippen LogP contribution < -0.4 is 5.32 Å². The number of aliphatic hydroxyl groups excluding tert-OH is 1. The summed E-state index contributed by atoms with van der Waals surface area (Å²) in [4.78, 5) is 12.9. The van der Waals surface area contributed by atoms with Gasteiger partial charge >= 0.3 is 0 Å². The molecule has 0 fully saturated rings. The first kappa shape index (κ1) is 16.0. The van der Waals surface area contributed by atoms with Crippen LogP contribution in [0.1, 0.15) is 29.3 Å². The van der Waals surface area contributed by atoms with Gasteiger partial charge in [-0.25, -0.2) is 0 Å². The molecule has 1 atom stereocenters. The predicted octanol–water partition coefficient (Wildman–Crippen LogP) is 2.68. The van der Waals surface area contributed by atoms with E-state index in [2.05, 4.69) is 11.4 Å². The number of carbonyl (C=O) groups excluding carboxylic acids is 1. The van der Waals surface area contributed by atoms with Crippen LogP contribution >= 0.6 is 23.1 Å². The van der Waals surface area contributed by atoms with Gasteiger partial charge in [-0.3, -0.25) is 4.79 Å². The molecule has 1 unspecified atom stereocenters. The van der Waals surface area contributed by atoms with Gasteiger partial charge in [-0.2, -0.15) is 5.26 Å². The molecule has 0 aliphatic rings. The van der Waals surface area contributed by atoms with Crippen LogP contribution in [0.25, 0.3) is 0 Å². The third kappa shape index (κ3) is 4.53. The summed E-state index contributed by atoms with van der Waals surface area (Å²) in [5, 5.41) is 21.6. The number of rotatable bonds is 6. The van der Waals surface area contributed by atoms with Gasteiger partial charge in [0.1, 0.15) is 11.1 Å². The minimum atomic E-state index is -0.104. The van der Waals surface area contributed by atoms with Gasteiger partial charge in [0, 0.05) is 16.7 Å². The number of anilines is 1. The molecule has 1 aromatic heterocycles. The van der Waals surface area contributed by atoms with Crippen molar-refractivity contribution in [3.05, 3.63) is 16.0 Å². The van der Waals surface area contributed by atoms with E-state index in [1.54, 1.807) is 0 Å². The van der Waals surface area contributed by atoms with Crippen LogP contribution in [0.15, 0.2) is 0 Å². The Hall–Kier alpha value is -1.03. The normalized spacial score (nSPS) is 11.9. The van der Waals surface area contributed by atoms with Crippen molar-refractivity contribution in [1.29, 1.82) is 5.26 Å². The average Bonchev–Trinajstić information content (AvgIpc) is 2.62. The Morgan fingerprint density at radius 3 is 2.84 bits per heavy atom. The van der Waals surface area contributed by atoms with Crippen LogP contribution in [0, 0.1) is 25.2 Å². The fourth-order valence-corrected chi connectivity index (χ4v) is 3.30. The molecule has 104 valence electrons. The molecule has 1 amide bonds. The minimum absolute atomic E-state index is 0.104. The number of aryl methyl sites for hydroxylation is 1. The van der Waals surface area contributed by atoms with Crippen molar-refractivity contribution in [1.82, 2.24) is 0 Å². The maximum atomic E-state index is 11.8. The SMILES string of the molecule is Cc1sc(NC(=O)CSC(C)CCO)c(C#N)c1C. The van der Waals surface area contributed by atoms with Crippen molar-refractivity contribution in [2.24, 2.45) is 0 Å². The highest BCUT2D eigenvalue weighted by atomic mass is 32.2. The maximum absolute atomic E-state index is 11.8. The summed E-state index contributed by atoms with van der Waals surface area (Å²) in [7, 11) is 0. The number of nitrogens with one attached hydrogen (secondary N) is 1. The molecule has 1 heterocycles. The zero-order valence-corrected chi connectivity index (χ0v) is 13.0. The number of nitriles is 1. The second-order valence-corrected chi connectivity index (χ2v) is 6.93. The smallest absolute Gasteiger partial charge is 0.235 e. The number of thiophene rings is 1. The van der Waals surface area contributed by atoms with Gasteiger partial charge in [0.05, 0.1) is 11.3 Å². The fraction of sp³-hybridized carbons (Fsp3) is 0.538. The topological polar surface area (TPSA) is 73.1 Å². The molecule has 0 saturated carbocycles. The summed E-state index contributed by atoms with van der Waals surface area (Å²) in [5.74, 6) is 0.231. The highest BCUT2D eigenvalue weighted by molar-refractivity contribution is 8.00. The van der Waals surface area contributed by atoms with E-state index in [4.69, 9.17) is 10.4 Å². The number of nitrogens with zero attached hydrogens (tertiary/aromatic N) is 1. The molecule has 0 saturated heterocycles. The second kappa shape index (κ2) is 7.53. The minimum Gasteiger partial charge on any atom is -0.396 e. The van der Waals surface area contributed by atoms with E-state index < -0.39 is 0 Å². The Bertz CT molecular complexity index is 492. The van der Waals surface area contributed by atoms with E-state index in [1.807, 2.05) is 20.8 Å². The Morgan fingerprint density at radius 2 is 2.26 bits per heavy atom. The van der Waals surface area contributed by atoms with Gasteiger partial charge in [-0.15, -0.1) is 23.1 Å². The molecule has 2 N–H and O–H groups in total. The number of hydrogen-bond acceptors (Lipinski definition) is 5. The molecular formula is C13H18N2O2S2. The van der Waals surface area contributed by atoms with Gasteiger partial charge < -0.3 is 10.4 Å². The van der Waals surface area contributed by atoms with Gasteiger partial charge in [-0.1, -0.05) is 6.92 Å². The number of carbonyl (C=O) groups is 1. The molecule has 0 aliphatic heterocycles. The second-order valence-electron chi connectivity index (χ2n) is 4.28. The summed E-state index contributed by atoms with van der Waals surface area (Å²) >= 11 is 2.94. The van der Waals surface area contributed by atoms with Crippen molar-refractivity contribution in [2.75, 3.05) is 17.7 Å². The van der Waals surface area contributed by atoms with Crippen LogP contribution in [-0.4, -0.2) is 28.6 Å². The molecule has 0 aliphatic carbocycles. The van der Waals surface area contributed by atoms with Gasteiger partial charge in [0.25, 0.3) is 0 Å². The summed E-state index contributed by atoms with van der Waals surface area (Å²) < 4.78 is 0. The largest absolute Gasteiger partial charge is 0.396 e. The lowest BCUT2D eigenvalue weighted by Gasteiger charge is -2.09. The third-order valence-electron chi connectivity index (χ3n) is 2.78. The molecule has 0 aromatic carbocycles. The molecule has 1 aromatic rings. The predicted molar refractivity (Wildman–Crippen MR) is 80.8 cm³/mol. The first-order chi connectivity index (χ1) is 8.99. The summed E-state index contributed by atoms with van der Waals surface area (Å²) in [5.41, 5.74) is 1.49. The van der Waals surface area contributed by atoms with Crippen molar-refractivity contribution < 1.29 is 9.90 Å². The van der Waals surface area contributed by atoms with Crippen LogP contribution in [-0.2, 0) is 4.79 Å². The standard InChI is InChI=1S/C13H18N2O2S2/c1-8(4-5-16)18-7-12(17)15-13-11(6-14)9(2)10(3)19-13/h8,16H,4-5,7H2,1-3H3,(H,15,17). The Morgan fingerprint density at radius 1 is 1.58 bits per heavy atom. The van der Waals surface area contributed by atoms with Crippen LogP contribution in [0.5, 0.6) is 0 Å². The fourth-order valence-electron chi connectivity index (χ4n) is 1.50. The van der Waals surface area contributed by atoms with E-state index in [0.29, 0.717) is 22.7 Å². The summed E-state index contributed by atoms with van der Waals surface area (Å²) in [6.07, 6.45) is 0.679. The molecule has 6 heteroatoms. The number of aliphatic hydroxyl groups is 1. The van der Waals surface area contributed by atoms with Crippen molar-refractivity contribution in [3.8, 4) is 6.07 Å². The van der Waals surface area contributed by atoms with E-state index >= 15 is 0 Å². The maximum Gasteiger partial charge on any atom is 0.235 e. The molecule has 1 rings (SSSR count). The van der Waals surface area contributed by atoms with Crippen LogP contribution in [0.3, 0.4) is 0 Å². The summed E-state index contributed by atoms with van der Waals surface area (Å²) in [6.45, 7) is 5.94. The highest BCUT2D eigenvalue weighted by Crippen LogP contribution is 2.31. The molecule has 0 spiro atoms. The molecule has 4 nitrogen and oxygen atoms in total. The zero-order chi connectivity index (χ0) is 14.4. The van der Waals surface area contributed by atoms with E-state index in [-0.39, 0.29) is 17.8 Å². The zero-order valence-electron chi connectivity index (χ0n) is 11.3. The quantitative estimate of drug-likeness (QED) is 0.847. The number of amides is 1. The molecule has 0 radical (unpaired) electrons. The number of hydrogen-bond donors (Lipinski definition) is 2. The average molecular weight is 298 g/mol. The number of thioether (sulfide) groups is 1.